The van der Waals surface area contributed by atoms with E-state index in [2.05, 4.69) is 47.1 Å². The van der Waals surface area contributed by atoms with Crippen molar-refractivity contribution in [1.29, 1.82) is 0 Å². The van der Waals surface area contributed by atoms with E-state index in [0.29, 0.717) is 0 Å². The van der Waals surface area contributed by atoms with E-state index in [-0.39, 0.29) is 17.7 Å². The third-order valence-electron chi connectivity index (χ3n) is 6.43. The van der Waals surface area contributed by atoms with Crippen LogP contribution in [0.5, 0.6) is 0 Å². The Kier molecular flexibility index (Phi) is 4.63. The monoisotopic (exact) mass is 355 g/mol. The molecule has 2 N–H and O–H groups in total. The number of hydrogen-bond donors (Lipinski definition) is 2. The number of fused-ring (bicyclic) bond motifs is 1. The van der Waals surface area contributed by atoms with Crippen LogP contribution < -0.4 is 0 Å². The Bertz CT molecular complexity index is 787. The molecule has 2 aromatic rings. The van der Waals surface area contributed by atoms with Gasteiger partial charge in [0.15, 0.2) is 0 Å². The van der Waals surface area contributed by atoms with Crippen LogP contribution in [0.2, 0.25) is 0 Å². The van der Waals surface area contributed by atoms with E-state index in [1.54, 1.807) is 0 Å². The van der Waals surface area contributed by atoms with Gasteiger partial charge in [0.25, 0.3) is 0 Å². The maximum Gasteiger partial charge on any atom is 0.0847 e. The van der Waals surface area contributed by atoms with Crippen LogP contribution in [-0.2, 0) is 11.3 Å². The first-order valence-electron chi connectivity index (χ1n) is 9.59. The Labute approximate surface area is 155 Å². The van der Waals surface area contributed by atoms with E-state index in [0.717, 1.165) is 44.5 Å². The number of ether oxygens (including phenoxy) is 1. The number of methoxy groups -OCH3 is 1. The number of H-pyrrole nitrogens is 1. The second-order valence-electron chi connectivity index (χ2n) is 8.02. The van der Waals surface area contributed by atoms with Crippen molar-refractivity contribution >= 4 is 0 Å². The highest BCUT2D eigenvalue weighted by Gasteiger charge is 2.50. The third kappa shape index (κ3) is 2.98. The molecule has 1 aromatic carbocycles. The molecule has 0 bridgehead atoms. The first-order chi connectivity index (χ1) is 12.5. The number of nitrogens with zero attached hydrogens (tertiary/aromatic N) is 2. The quantitative estimate of drug-likeness (QED) is 0.884. The molecule has 2 heterocycles. The lowest BCUT2D eigenvalue weighted by Crippen LogP contribution is -2.51. The summed E-state index contributed by atoms with van der Waals surface area (Å²) in [5.74, 6) is 0. The van der Waals surface area contributed by atoms with Crippen LogP contribution >= 0.6 is 0 Å². The number of aromatic amines is 1. The maximum absolute atomic E-state index is 10.2. The second kappa shape index (κ2) is 6.80. The van der Waals surface area contributed by atoms with Gasteiger partial charge in [0, 0.05) is 37.4 Å². The van der Waals surface area contributed by atoms with Crippen LogP contribution in [0.25, 0.3) is 11.3 Å². The van der Waals surface area contributed by atoms with Crippen molar-refractivity contribution in [1.82, 2.24) is 15.1 Å². The van der Waals surface area contributed by atoms with Crippen LogP contribution in [-0.4, -0.2) is 51.6 Å². The lowest BCUT2D eigenvalue weighted by Gasteiger charge is -2.42. The fourth-order valence-corrected chi connectivity index (χ4v) is 4.85. The van der Waals surface area contributed by atoms with Gasteiger partial charge in [0.2, 0.25) is 0 Å². The predicted molar refractivity (Wildman–Crippen MR) is 102 cm³/mol. The number of aliphatic hydroxyl groups is 1. The first-order valence-corrected chi connectivity index (χ1v) is 9.59. The fraction of sp³-hybridized carbons (Fsp3) is 0.571. The zero-order chi connectivity index (χ0) is 18.3. The maximum atomic E-state index is 10.2. The van der Waals surface area contributed by atoms with Crippen LogP contribution in [0.1, 0.15) is 42.4 Å². The van der Waals surface area contributed by atoms with Gasteiger partial charge in [-0.1, -0.05) is 17.7 Å². The first kappa shape index (κ1) is 17.7. The molecule has 5 heteroatoms. The summed E-state index contributed by atoms with van der Waals surface area (Å²) in [4.78, 5) is 2.48. The molecule has 1 aromatic heterocycles. The molecule has 26 heavy (non-hydrogen) atoms. The topological polar surface area (TPSA) is 61.4 Å². The molecule has 1 saturated carbocycles. The summed E-state index contributed by atoms with van der Waals surface area (Å²) in [5, 5.41) is 17.8. The number of aliphatic hydroxyl groups excluding tert-OH is 1. The molecule has 3 atom stereocenters. The zero-order valence-corrected chi connectivity index (χ0v) is 16.0. The summed E-state index contributed by atoms with van der Waals surface area (Å²) in [6.45, 7) is 6.10. The lowest BCUT2D eigenvalue weighted by molar-refractivity contribution is -0.0879. The van der Waals surface area contributed by atoms with Crippen LogP contribution in [0.3, 0.4) is 0 Å². The van der Waals surface area contributed by atoms with Crippen molar-refractivity contribution < 1.29 is 9.84 Å². The van der Waals surface area contributed by atoms with Crippen LogP contribution in [0, 0.1) is 13.8 Å². The Balaban J connectivity index is 1.61. The number of benzene rings is 1. The van der Waals surface area contributed by atoms with Crippen LogP contribution in [0.15, 0.2) is 24.4 Å². The molecule has 0 unspecified atom stereocenters. The molecular formula is C21H29N3O2. The van der Waals surface area contributed by atoms with Gasteiger partial charge < -0.3 is 9.84 Å². The highest BCUT2D eigenvalue weighted by atomic mass is 16.5. The van der Waals surface area contributed by atoms with Gasteiger partial charge in [-0.05, 0) is 51.2 Å². The molecule has 4 rings (SSSR count). The van der Waals surface area contributed by atoms with E-state index in [1.165, 1.54) is 22.3 Å². The summed E-state index contributed by atoms with van der Waals surface area (Å²) in [7, 11) is 1.83. The minimum absolute atomic E-state index is 0.0949. The standard InChI is InChI=1S/C21H29N3O2/c1-14-4-5-15(2)18(10-14)20-16(12-22-23-20)13-24-9-8-21(26-3)7-6-17(25)11-19(21)24/h4-5,10,12,17,19,25H,6-9,11,13H2,1-3H3,(H,22,23)/t17-,19+,21-/m1/s1. The SMILES string of the molecule is CO[C@@]12CC[C@@H](O)C[C@@H]1N(Cc1cn[nH]c1-c1cc(C)ccc1C)CC2. The number of hydrogen-bond acceptors (Lipinski definition) is 4. The lowest BCUT2D eigenvalue weighted by atomic mass is 9.79. The van der Waals surface area contributed by atoms with Gasteiger partial charge in [-0.25, -0.2) is 0 Å². The molecule has 5 nitrogen and oxygen atoms in total. The van der Waals surface area contributed by atoms with E-state index in [4.69, 9.17) is 4.74 Å². The number of aryl methyl sites for hydroxylation is 2. The zero-order valence-electron chi connectivity index (χ0n) is 16.0. The van der Waals surface area contributed by atoms with Gasteiger partial charge in [-0.3, -0.25) is 10.00 Å². The Morgan fingerprint density at radius 1 is 1.35 bits per heavy atom. The van der Waals surface area contributed by atoms with Gasteiger partial charge >= 0.3 is 0 Å². The number of likely N-dealkylation sites (tertiary alicyclic amines) is 1. The Hall–Kier alpha value is -1.69. The molecule has 0 radical (unpaired) electrons. The highest BCUT2D eigenvalue weighted by molar-refractivity contribution is 5.67. The smallest absolute Gasteiger partial charge is 0.0847 e. The molecule has 0 amide bonds. The summed E-state index contributed by atoms with van der Waals surface area (Å²) < 4.78 is 5.97. The summed E-state index contributed by atoms with van der Waals surface area (Å²) in [5.41, 5.74) is 5.95. The van der Waals surface area contributed by atoms with Crippen molar-refractivity contribution in [3.8, 4) is 11.3 Å². The highest BCUT2D eigenvalue weighted by Crippen LogP contribution is 2.43. The molecule has 140 valence electrons. The fourth-order valence-electron chi connectivity index (χ4n) is 4.85. The molecule has 1 aliphatic carbocycles. The Morgan fingerprint density at radius 2 is 2.19 bits per heavy atom. The van der Waals surface area contributed by atoms with Crippen molar-refractivity contribution in [2.75, 3.05) is 13.7 Å². The van der Waals surface area contributed by atoms with Gasteiger partial charge in [-0.15, -0.1) is 0 Å². The Morgan fingerprint density at radius 3 is 3.00 bits per heavy atom. The van der Waals surface area contributed by atoms with Crippen molar-refractivity contribution in [3.05, 3.63) is 41.1 Å². The molecule has 1 aliphatic heterocycles. The summed E-state index contributed by atoms with van der Waals surface area (Å²) in [6.07, 6.45) is 5.36. The predicted octanol–water partition coefficient (Wildman–Crippen LogP) is 3.20. The number of aromatic nitrogens is 2. The normalized spacial score (nSPS) is 29.1. The van der Waals surface area contributed by atoms with Crippen molar-refractivity contribution in [2.24, 2.45) is 0 Å². The van der Waals surface area contributed by atoms with Crippen molar-refractivity contribution in [2.45, 2.75) is 63.8 Å². The minimum Gasteiger partial charge on any atom is -0.393 e. The average Bonchev–Trinajstić information content (AvgIpc) is 3.23. The molecule has 2 fully saturated rings. The van der Waals surface area contributed by atoms with Gasteiger partial charge in [0.1, 0.15) is 0 Å². The van der Waals surface area contributed by atoms with Gasteiger partial charge in [-0.2, -0.15) is 5.10 Å². The molecule has 0 spiro atoms. The van der Waals surface area contributed by atoms with E-state index < -0.39 is 0 Å². The second-order valence-corrected chi connectivity index (χ2v) is 8.02. The molecule has 1 saturated heterocycles. The summed E-state index contributed by atoms with van der Waals surface area (Å²) >= 11 is 0. The van der Waals surface area contributed by atoms with Gasteiger partial charge in [0.05, 0.1) is 23.6 Å². The average molecular weight is 355 g/mol. The van der Waals surface area contributed by atoms with E-state index in [1.807, 2.05) is 13.3 Å². The third-order valence-corrected chi connectivity index (χ3v) is 6.43. The van der Waals surface area contributed by atoms with E-state index in [9.17, 15) is 5.11 Å². The minimum atomic E-state index is -0.216. The molecular weight excluding hydrogens is 326 g/mol. The van der Waals surface area contributed by atoms with Crippen molar-refractivity contribution in [3.63, 3.8) is 0 Å². The summed E-state index contributed by atoms with van der Waals surface area (Å²) in [6, 6.07) is 6.81. The van der Waals surface area contributed by atoms with Crippen LogP contribution in [0.4, 0.5) is 0 Å². The largest absolute Gasteiger partial charge is 0.393 e. The number of rotatable bonds is 4. The van der Waals surface area contributed by atoms with E-state index >= 15 is 0 Å². The number of nitrogens with one attached hydrogen (secondary N) is 1. The molecule has 2 aliphatic rings.